The van der Waals surface area contributed by atoms with Crippen LogP contribution in [0.1, 0.15) is 0 Å². The van der Waals surface area contributed by atoms with Crippen molar-refractivity contribution in [1.29, 1.82) is 0 Å². The summed E-state index contributed by atoms with van der Waals surface area (Å²) in [4.78, 5) is 9.83. The molecule has 0 bridgehead atoms. The second kappa shape index (κ2) is 3.80. The molecule has 0 unspecified atom stereocenters. The van der Waals surface area contributed by atoms with Crippen molar-refractivity contribution >= 4 is 6.29 Å². The van der Waals surface area contributed by atoms with Gasteiger partial charge in [-0.15, -0.1) is 0 Å². The second-order valence-electron chi connectivity index (χ2n) is 2.05. The minimum Gasteiger partial charge on any atom is -0.483 e. The Morgan fingerprint density at radius 1 is 1.42 bits per heavy atom. The highest BCUT2D eigenvalue weighted by Gasteiger charge is 2.03. The van der Waals surface area contributed by atoms with Crippen molar-refractivity contribution in [2.24, 2.45) is 0 Å². The van der Waals surface area contributed by atoms with Crippen LogP contribution in [0.2, 0.25) is 0 Å². The number of carbonyl (C=O) groups is 1. The normalized spacial score (nSPS) is 9.50. The van der Waals surface area contributed by atoms with Crippen LogP contribution in [-0.2, 0) is 4.79 Å². The van der Waals surface area contributed by atoms with E-state index in [4.69, 9.17) is 0 Å². The summed E-state index contributed by atoms with van der Waals surface area (Å²) >= 11 is 0. The maximum absolute atomic E-state index is 12.7. The van der Waals surface area contributed by atoms with E-state index in [9.17, 15) is 13.6 Å². The van der Waals surface area contributed by atoms with Crippen LogP contribution in [0, 0.1) is 11.6 Å². The Hall–Kier alpha value is -1.45. The Morgan fingerprint density at radius 2 is 2.17 bits per heavy atom. The van der Waals surface area contributed by atoms with Crippen LogP contribution >= 0.6 is 0 Å². The molecule has 2 nitrogen and oxygen atoms in total. The fraction of sp³-hybridized carbons (Fsp3) is 0.125. The number of rotatable bonds is 3. The highest BCUT2D eigenvalue weighted by Crippen LogP contribution is 2.16. The smallest absolute Gasteiger partial charge is 0.167 e. The predicted molar refractivity (Wildman–Crippen MR) is 37.9 cm³/mol. The van der Waals surface area contributed by atoms with Gasteiger partial charge in [-0.3, -0.25) is 4.79 Å². The van der Waals surface area contributed by atoms with Gasteiger partial charge in [0, 0.05) is 6.07 Å². The van der Waals surface area contributed by atoms with Crippen LogP contribution in [0.5, 0.6) is 5.75 Å². The van der Waals surface area contributed by atoms with Crippen molar-refractivity contribution in [2.75, 3.05) is 6.61 Å². The lowest BCUT2D eigenvalue weighted by atomic mass is 10.3. The SMILES string of the molecule is O=CCOc1ccc(F)cc1F. The average Bonchev–Trinajstić information content (AvgIpc) is 2.03. The van der Waals surface area contributed by atoms with Crippen molar-refractivity contribution in [1.82, 2.24) is 0 Å². The number of halogens is 2. The van der Waals surface area contributed by atoms with Gasteiger partial charge in [-0.1, -0.05) is 0 Å². The molecule has 0 saturated heterocycles. The van der Waals surface area contributed by atoms with E-state index in [-0.39, 0.29) is 12.4 Å². The molecule has 0 spiro atoms. The largest absolute Gasteiger partial charge is 0.483 e. The lowest BCUT2D eigenvalue weighted by Crippen LogP contribution is -1.99. The van der Waals surface area contributed by atoms with Crippen molar-refractivity contribution in [3.05, 3.63) is 29.8 Å². The summed E-state index contributed by atoms with van der Waals surface area (Å²) in [6.07, 6.45) is 0.489. The van der Waals surface area contributed by atoms with Gasteiger partial charge < -0.3 is 4.74 Å². The first kappa shape index (κ1) is 8.64. The summed E-state index contributed by atoms with van der Waals surface area (Å²) in [5.41, 5.74) is 0. The van der Waals surface area contributed by atoms with Gasteiger partial charge in [-0.25, -0.2) is 8.78 Å². The summed E-state index contributed by atoms with van der Waals surface area (Å²) in [7, 11) is 0. The monoisotopic (exact) mass is 172 g/mol. The first-order chi connectivity index (χ1) is 5.74. The van der Waals surface area contributed by atoms with Crippen LogP contribution in [-0.4, -0.2) is 12.9 Å². The Kier molecular flexibility index (Phi) is 2.74. The molecule has 0 aromatic heterocycles. The molecule has 64 valence electrons. The van der Waals surface area contributed by atoms with E-state index in [2.05, 4.69) is 4.74 Å². The van der Waals surface area contributed by atoms with Gasteiger partial charge >= 0.3 is 0 Å². The molecule has 0 heterocycles. The van der Waals surface area contributed by atoms with Crippen LogP contribution in [0.3, 0.4) is 0 Å². The standard InChI is InChI=1S/C8H6F2O2/c9-6-1-2-8(7(10)5-6)12-4-3-11/h1-3,5H,4H2. The molecule has 0 saturated carbocycles. The van der Waals surface area contributed by atoms with Gasteiger partial charge in [0.05, 0.1) is 0 Å². The zero-order chi connectivity index (χ0) is 8.97. The number of carbonyl (C=O) groups excluding carboxylic acids is 1. The van der Waals surface area contributed by atoms with Gasteiger partial charge in [0.1, 0.15) is 12.4 Å². The fourth-order valence-electron chi connectivity index (χ4n) is 0.716. The van der Waals surface area contributed by atoms with Crippen LogP contribution in [0.15, 0.2) is 18.2 Å². The third-order valence-electron chi connectivity index (χ3n) is 1.20. The molecule has 0 amide bonds. The number of aldehydes is 1. The molecule has 0 aliphatic carbocycles. The Morgan fingerprint density at radius 3 is 2.75 bits per heavy atom. The minimum absolute atomic E-state index is 0.122. The first-order valence-corrected chi connectivity index (χ1v) is 3.25. The molecule has 1 rings (SSSR count). The molecule has 0 aliphatic heterocycles. The molecule has 0 aliphatic rings. The quantitative estimate of drug-likeness (QED) is 0.646. The fourth-order valence-corrected chi connectivity index (χ4v) is 0.716. The zero-order valence-electron chi connectivity index (χ0n) is 6.09. The summed E-state index contributed by atoms with van der Waals surface area (Å²) < 4.78 is 29.6. The number of benzene rings is 1. The number of ether oxygens (including phenoxy) is 1. The lowest BCUT2D eigenvalue weighted by molar-refractivity contribution is -0.109. The van der Waals surface area contributed by atoms with Crippen molar-refractivity contribution in [3.8, 4) is 5.75 Å². The lowest BCUT2D eigenvalue weighted by Gasteiger charge is -2.02. The predicted octanol–water partition coefficient (Wildman–Crippen LogP) is 1.54. The number of hydrogen-bond acceptors (Lipinski definition) is 2. The third kappa shape index (κ3) is 2.02. The molecule has 1 aromatic carbocycles. The Labute approximate surface area is 67.8 Å². The van der Waals surface area contributed by atoms with E-state index in [1.165, 1.54) is 0 Å². The number of hydrogen-bond donors (Lipinski definition) is 0. The van der Waals surface area contributed by atoms with E-state index < -0.39 is 11.6 Å². The van der Waals surface area contributed by atoms with Crippen LogP contribution < -0.4 is 4.74 Å². The van der Waals surface area contributed by atoms with E-state index >= 15 is 0 Å². The maximum Gasteiger partial charge on any atom is 0.167 e. The Balaban J connectivity index is 2.78. The molecular weight excluding hydrogens is 166 g/mol. The molecule has 0 atom stereocenters. The average molecular weight is 172 g/mol. The van der Waals surface area contributed by atoms with Crippen molar-refractivity contribution in [3.63, 3.8) is 0 Å². The summed E-state index contributed by atoms with van der Waals surface area (Å²) in [5.74, 6) is -1.61. The topological polar surface area (TPSA) is 26.3 Å². The highest BCUT2D eigenvalue weighted by atomic mass is 19.1. The molecule has 12 heavy (non-hydrogen) atoms. The molecule has 4 heteroatoms. The zero-order valence-corrected chi connectivity index (χ0v) is 6.09. The van der Waals surface area contributed by atoms with Gasteiger partial charge in [-0.2, -0.15) is 0 Å². The van der Waals surface area contributed by atoms with Crippen LogP contribution in [0.4, 0.5) is 8.78 Å². The second-order valence-corrected chi connectivity index (χ2v) is 2.05. The van der Waals surface area contributed by atoms with Crippen molar-refractivity contribution < 1.29 is 18.3 Å². The highest BCUT2D eigenvalue weighted by molar-refractivity contribution is 5.51. The van der Waals surface area contributed by atoms with Gasteiger partial charge in [-0.05, 0) is 12.1 Å². The summed E-state index contributed by atoms with van der Waals surface area (Å²) in [6, 6.07) is 2.89. The van der Waals surface area contributed by atoms with Gasteiger partial charge in [0.25, 0.3) is 0 Å². The van der Waals surface area contributed by atoms with E-state index in [0.717, 1.165) is 12.1 Å². The van der Waals surface area contributed by atoms with Gasteiger partial charge in [0.15, 0.2) is 17.9 Å². The summed E-state index contributed by atoms with van der Waals surface area (Å²) in [6.45, 7) is -0.234. The van der Waals surface area contributed by atoms with E-state index in [0.29, 0.717) is 12.4 Å². The summed E-state index contributed by atoms with van der Waals surface area (Å²) in [5, 5.41) is 0. The maximum atomic E-state index is 12.7. The van der Waals surface area contributed by atoms with E-state index in [1.54, 1.807) is 0 Å². The molecule has 0 N–H and O–H groups in total. The third-order valence-corrected chi connectivity index (χ3v) is 1.20. The first-order valence-electron chi connectivity index (χ1n) is 3.25. The van der Waals surface area contributed by atoms with E-state index in [1.807, 2.05) is 0 Å². The Bertz CT molecular complexity index is 286. The van der Waals surface area contributed by atoms with Crippen molar-refractivity contribution in [2.45, 2.75) is 0 Å². The molecular formula is C8H6F2O2. The van der Waals surface area contributed by atoms with Crippen LogP contribution in [0.25, 0.3) is 0 Å². The minimum atomic E-state index is -0.808. The molecule has 0 radical (unpaired) electrons. The van der Waals surface area contributed by atoms with Gasteiger partial charge in [0.2, 0.25) is 0 Å². The molecule has 1 aromatic rings. The molecule has 0 fully saturated rings.